The predicted octanol–water partition coefficient (Wildman–Crippen LogP) is 2.20. The Bertz CT molecular complexity index is 1420. The zero-order valence-electron chi connectivity index (χ0n) is 19.8. The fourth-order valence-corrected chi connectivity index (χ4v) is 4.97. The molecule has 0 bridgehead atoms. The third-order valence-corrected chi connectivity index (χ3v) is 6.84. The van der Waals surface area contributed by atoms with Gasteiger partial charge in [-0.2, -0.15) is 0 Å². The van der Waals surface area contributed by atoms with E-state index in [0.717, 1.165) is 21.3 Å². The number of ether oxygens (including phenoxy) is 1. The van der Waals surface area contributed by atoms with Crippen molar-refractivity contribution in [3.8, 4) is 5.75 Å². The van der Waals surface area contributed by atoms with Crippen molar-refractivity contribution in [1.29, 1.82) is 0 Å². The number of nitrogens with zero attached hydrogens (tertiary/aromatic N) is 2. The Labute approximate surface area is 203 Å². The van der Waals surface area contributed by atoms with Crippen molar-refractivity contribution < 1.29 is 28.9 Å². The molecule has 12 heteroatoms. The Morgan fingerprint density at radius 3 is 2.46 bits per heavy atom. The van der Waals surface area contributed by atoms with E-state index in [2.05, 4.69) is 5.32 Å². The van der Waals surface area contributed by atoms with Crippen molar-refractivity contribution in [1.82, 2.24) is 14.5 Å². The Morgan fingerprint density at radius 1 is 1.23 bits per heavy atom. The summed E-state index contributed by atoms with van der Waals surface area (Å²) >= 11 is 0.710. The maximum absolute atomic E-state index is 13.9. The van der Waals surface area contributed by atoms with Crippen molar-refractivity contribution in [2.24, 2.45) is 0 Å². The van der Waals surface area contributed by atoms with E-state index in [1.165, 1.54) is 27.0 Å². The number of carboxylic acid groups (broad SMARTS) is 1. The number of hydrogen-bond acceptors (Lipinski definition) is 7. The van der Waals surface area contributed by atoms with Crippen LogP contribution in [-0.2, 0) is 11.3 Å². The Morgan fingerprint density at radius 2 is 1.89 bits per heavy atom. The molecule has 0 unspecified atom stereocenters. The van der Waals surface area contributed by atoms with Gasteiger partial charge in [-0.3, -0.25) is 14.2 Å². The summed E-state index contributed by atoms with van der Waals surface area (Å²) in [6, 6.07) is 2.06. The van der Waals surface area contributed by atoms with Gasteiger partial charge in [0.2, 0.25) is 5.91 Å². The van der Waals surface area contributed by atoms with Crippen molar-refractivity contribution in [2.45, 2.75) is 52.4 Å². The second-order valence-corrected chi connectivity index (χ2v) is 9.35. The van der Waals surface area contributed by atoms with Crippen LogP contribution < -0.4 is 21.3 Å². The molecule has 0 aliphatic carbocycles. The highest BCUT2D eigenvalue weighted by Gasteiger charge is 2.28. The Hall–Kier alpha value is -3.51. The highest BCUT2D eigenvalue weighted by molar-refractivity contribution is 7.20. The molecule has 0 spiro atoms. The Balaban J connectivity index is 2.29. The fraction of sp³-hybridized carbons (Fsp3) is 0.391. The quantitative estimate of drug-likeness (QED) is 0.425. The molecule has 0 fully saturated rings. The average Bonchev–Trinajstić information content (AvgIpc) is 3.13. The van der Waals surface area contributed by atoms with Crippen LogP contribution >= 0.6 is 11.3 Å². The minimum atomic E-state index is -1.46. The monoisotopic (exact) mass is 507 g/mol. The van der Waals surface area contributed by atoms with Gasteiger partial charge in [-0.25, -0.2) is 18.5 Å². The molecule has 35 heavy (non-hydrogen) atoms. The van der Waals surface area contributed by atoms with Gasteiger partial charge < -0.3 is 20.3 Å². The molecule has 10 nitrogen and oxygen atoms in total. The summed E-state index contributed by atoms with van der Waals surface area (Å²) < 4.78 is 20.8. The van der Waals surface area contributed by atoms with Crippen molar-refractivity contribution in [3.63, 3.8) is 0 Å². The summed E-state index contributed by atoms with van der Waals surface area (Å²) in [5, 5.41) is 23.1. The van der Waals surface area contributed by atoms with E-state index in [4.69, 9.17) is 4.74 Å². The SMILES string of the molecule is COc1ccc(F)cc1[C@@H](O)Cn1c(=O)n([C@@H](C)C(=O)NC(C)C)c(=O)c2c(C)c(C(=O)O)sc21. The van der Waals surface area contributed by atoms with Crippen LogP contribution in [0.3, 0.4) is 0 Å². The van der Waals surface area contributed by atoms with Gasteiger partial charge in [0.1, 0.15) is 33.4 Å². The molecule has 0 aliphatic rings. The van der Waals surface area contributed by atoms with Gasteiger partial charge in [-0.05, 0) is 51.5 Å². The van der Waals surface area contributed by atoms with E-state index in [1.807, 2.05) is 0 Å². The molecule has 1 amide bonds. The second-order valence-electron chi connectivity index (χ2n) is 8.35. The summed E-state index contributed by atoms with van der Waals surface area (Å²) in [5.74, 6) is -2.33. The standard InChI is InChI=1S/C23H26FN3O7S/c1-10(2)25-19(29)12(4)27-20(30)17-11(3)18(22(31)32)35-21(17)26(23(27)33)9-15(28)14-8-13(24)6-7-16(14)34-5/h6-8,10,12,15,28H,9H2,1-5H3,(H,25,29)(H,31,32)/t12-,15-/m0/s1. The first-order valence-corrected chi connectivity index (χ1v) is 11.5. The summed E-state index contributed by atoms with van der Waals surface area (Å²) in [6.45, 7) is 5.81. The van der Waals surface area contributed by atoms with Crippen molar-refractivity contribution in [2.75, 3.05) is 7.11 Å². The molecular formula is C23H26FN3O7S. The molecule has 3 rings (SSSR count). The zero-order chi connectivity index (χ0) is 26.2. The zero-order valence-corrected chi connectivity index (χ0v) is 20.6. The normalized spacial score (nSPS) is 13.1. The van der Waals surface area contributed by atoms with E-state index in [0.29, 0.717) is 11.3 Å². The van der Waals surface area contributed by atoms with Crippen LogP contribution in [-0.4, -0.2) is 44.4 Å². The number of benzene rings is 1. The van der Waals surface area contributed by atoms with Gasteiger partial charge >= 0.3 is 11.7 Å². The molecule has 0 aliphatic heterocycles. The summed E-state index contributed by atoms with van der Waals surface area (Å²) in [4.78, 5) is 51.1. The number of thiophene rings is 1. The summed E-state index contributed by atoms with van der Waals surface area (Å²) in [5.41, 5.74) is -1.53. The number of hydrogen-bond donors (Lipinski definition) is 3. The van der Waals surface area contributed by atoms with E-state index in [9.17, 15) is 33.8 Å². The lowest BCUT2D eigenvalue weighted by Gasteiger charge is -2.20. The first-order valence-electron chi connectivity index (χ1n) is 10.7. The highest BCUT2D eigenvalue weighted by atomic mass is 32.1. The number of carboxylic acids is 1. The number of carbonyl (C=O) groups excluding carboxylic acids is 1. The van der Waals surface area contributed by atoms with Crippen LogP contribution in [0.25, 0.3) is 10.2 Å². The van der Waals surface area contributed by atoms with Crippen molar-refractivity contribution >= 4 is 33.4 Å². The number of nitrogens with one attached hydrogen (secondary N) is 1. The van der Waals surface area contributed by atoms with E-state index >= 15 is 0 Å². The number of fused-ring (bicyclic) bond motifs is 1. The molecule has 1 aromatic carbocycles. The number of aliphatic hydroxyl groups is 1. The van der Waals surface area contributed by atoms with Crippen LogP contribution in [0, 0.1) is 12.7 Å². The minimum absolute atomic E-state index is 0.0250. The van der Waals surface area contributed by atoms with Crippen LogP contribution in [0.1, 0.15) is 53.7 Å². The van der Waals surface area contributed by atoms with Crippen LogP contribution in [0.5, 0.6) is 5.75 Å². The van der Waals surface area contributed by atoms with Crippen LogP contribution in [0.4, 0.5) is 4.39 Å². The molecule has 3 aromatic rings. The van der Waals surface area contributed by atoms with Gasteiger partial charge in [0.15, 0.2) is 0 Å². The van der Waals surface area contributed by atoms with Gasteiger partial charge in [0, 0.05) is 11.6 Å². The molecule has 2 aromatic heterocycles. The summed E-state index contributed by atoms with van der Waals surface area (Å²) in [7, 11) is 1.34. The summed E-state index contributed by atoms with van der Waals surface area (Å²) in [6.07, 6.45) is -1.46. The lowest BCUT2D eigenvalue weighted by Crippen LogP contribution is -2.47. The number of aromatic nitrogens is 2. The number of aromatic carboxylic acids is 1. The molecule has 3 N–H and O–H groups in total. The smallest absolute Gasteiger partial charge is 0.346 e. The molecule has 188 valence electrons. The third kappa shape index (κ3) is 4.84. The maximum atomic E-state index is 13.9. The highest BCUT2D eigenvalue weighted by Crippen LogP contribution is 2.31. The fourth-order valence-electron chi connectivity index (χ4n) is 3.83. The van der Waals surface area contributed by atoms with Crippen molar-refractivity contribution in [3.05, 3.63) is 60.9 Å². The first-order chi connectivity index (χ1) is 16.4. The van der Waals surface area contributed by atoms with Gasteiger partial charge in [0.25, 0.3) is 5.56 Å². The molecule has 0 saturated heterocycles. The van der Waals surface area contributed by atoms with E-state index in [1.54, 1.807) is 13.8 Å². The minimum Gasteiger partial charge on any atom is -0.496 e. The topological polar surface area (TPSA) is 140 Å². The number of carbonyl (C=O) groups is 2. The number of rotatable bonds is 8. The molecule has 0 radical (unpaired) electrons. The lowest BCUT2D eigenvalue weighted by molar-refractivity contribution is -0.124. The van der Waals surface area contributed by atoms with E-state index < -0.39 is 47.6 Å². The van der Waals surface area contributed by atoms with E-state index in [-0.39, 0.29) is 38.0 Å². The largest absolute Gasteiger partial charge is 0.496 e. The van der Waals surface area contributed by atoms with Gasteiger partial charge in [-0.15, -0.1) is 11.3 Å². The third-order valence-electron chi connectivity index (χ3n) is 5.54. The number of aryl methyl sites for hydroxylation is 1. The molecule has 2 atom stereocenters. The number of aliphatic hydroxyl groups excluding tert-OH is 1. The molecule has 0 saturated carbocycles. The Kier molecular flexibility index (Phi) is 7.46. The molecular weight excluding hydrogens is 481 g/mol. The van der Waals surface area contributed by atoms with Gasteiger partial charge in [-0.1, -0.05) is 0 Å². The first kappa shape index (κ1) is 26.1. The predicted molar refractivity (Wildman–Crippen MR) is 128 cm³/mol. The lowest BCUT2D eigenvalue weighted by atomic mass is 10.1. The molecule has 2 heterocycles. The number of amides is 1. The van der Waals surface area contributed by atoms with Crippen LogP contribution in [0.2, 0.25) is 0 Å². The van der Waals surface area contributed by atoms with Crippen LogP contribution in [0.15, 0.2) is 27.8 Å². The maximum Gasteiger partial charge on any atom is 0.346 e. The number of methoxy groups -OCH3 is 1. The average molecular weight is 508 g/mol. The second kappa shape index (κ2) is 10.0. The van der Waals surface area contributed by atoms with Gasteiger partial charge in [0.05, 0.1) is 19.0 Å². The number of halogens is 1.